The Balaban J connectivity index is 1.48. The molecule has 8 nitrogen and oxygen atoms in total. The van der Waals surface area contributed by atoms with Crippen LogP contribution in [0, 0.1) is 5.92 Å². The maximum atomic E-state index is 6.06. The quantitative estimate of drug-likeness (QED) is 0.757. The van der Waals surface area contributed by atoms with Crippen LogP contribution in [0.15, 0.2) is 37.1 Å². The molecule has 0 radical (unpaired) electrons. The maximum absolute atomic E-state index is 6.06. The molecule has 1 aliphatic rings. The van der Waals surface area contributed by atoms with Crippen LogP contribution in [0.3, 0.4) is 0 Å². The summed E-state index contributed by atoms with van der Waals surface area (Å²) in [5.41, 5.74) is 3.04. The van der Waals surface area contributed by atoms with Gasteiger partial charge in [-0.1, -0.05) is 0 Å². The molecule has 1 aliphatic heterocycles. The van der Waals surface area contributed by atoms with Crippen LogP contribution in [0.5, 0.6) is 0 Å². The van der Waals surface area contributed by atoms with Gasteiger partial charge in [0.2, 0.25) is 0 Å². The Morgan fingerprint density at radius 2 is 2.23 bits per heavy atom. The van der Waals surface area contributed by atoms with E-state index in [9.17, 15) is 0 Å². The minimum Gasteiger partial charge on any atom is -0.383 e. The van der Waals surface area contributed by atoms with Crippen molar-refractivity contribution in [2.45, 2.75) is 18.9 Å². The first-order valence-corrected chi connectivity index (χ1v) is 8.85. The lowest BCUT2D eigenvalue weighted by atomic mass is 9.92. The molecular formula is C18H23N7O. The number of ether oxygens (including phenoxy) is 1. The zero-order valence-corrected chi connectivity index (χ0v) is 15.0. The third kappa shape index (κ3) is 3.32. The lowest BCUT2D eigenvalue weighted by molar-refractivity contribution is -0.0284. The highest BCUT2D eigenvalue weighted by atomic mass is 16.5. The fraction of sp³-hybridized carbons (Fsp3) is 0.444. The van der Waals surface area contributed by atoms with Gasteiger partial charge in [0.25, 0.3) is 0 Å². The zero-order valence-electron chi connectivity index (χ0n) is 15.0. The van der Waals surface area contributed by atoms with Gasteiger partial charge in [-0.25, -0.2) is 0 Å². The van der Waals surface area contributed by atoms with Gasteiger partial charge in [0, 0.05) is 57.3 Å². The van der Waals surface area contributed by atoms with Gasteiger partial charge < -0.3 is 14.6 Å². The van der Waals surface area contributed by atoms with Gasteiger partial charge in [0.15, 0.2) is 5.82 Å². The number of nitrogens with one attached hydrogen (secondary N) is 1. The molecule has 0 saturated carbocycles. The average Bonchev–Trinajstić information content (AvgIpc) is 3.28. The van der Waals surface area contributed by atoms with Crippen LogP contribution in [0.25, 0.3) is 11.4 Å². The summed E-state index contributed by atoms with van der Waals surface area (Å²) in [7, 11) is 3.89. The Hall–Kier alpha value is -2.74. The number of hydrogen-bond acceptors (Lipinski definition) is 6. The zero-order chi connectivity index (χ0) is 17.9. The third-order valence-corrected chi connectivity index (χ3v) is 4.87. The van der Waals surface area contributed by atoms with Gasteiger partial charge in [-0.3, -0.25) is 9.67 Å². The molecule has 26 heavy (non-hydrogen) atoms. The molecule has 0 spiro atoms. The van der Waals surface area contributed by atoms with E-state index in [1.54, 1.807) is 12.5 Å². The van der Waals surface area contributed by atoms with E-state index in [2.05, 4.69) is 31.7 Å². The van der Waals surface area contributed by atoms with Crippen LogP contribution in [0.2, 0.25) is 0 Å². The van der Waals surface area contributed by atoms with Crippen LogP contribution in [-0.4, -0.2) is 42.7 Å². The van der Waals surface area contributed by atoms with E-state index in [-0.39, 0.29) is 6.10 Å². The lowest BCUT2D eigenvalue weighted by Crippen LogP contribution is -2.29. The van der Waals surface area contributed by atoms with E-state index in [0.717, 1.165) is 48.8 Å². The van der Waals surface area contributed by atoms with E-state index in [1.165, 1.54) is 0 Å². The van der Waals surface area contributed by atoms with Gasteiger partial charge >= 0.3 is 0 Å². The summed E-state index contributed by atoms with van der Waals surface area (Å²) < 4.78 is 9.85. The maximum Gasteiger partial charge on any atom is 0.165 e. The van der Waals surface area contributed by atoms with Gasteiger partial charge in [0.05, 0.1) is 11.4 Å². The fourth-order valence-corrected chi connectivity index (χ4v) is 3.49. The number of nitrogens with zero attached hydrogens (tertiary/aromatic N) is 6. The summed E-state index contributed by atoms with van der Waals surface area (Å²) in [6.45, 7) is 1.62. The topological polar surface area (TPSA) is 82.7 Å². The standard InChI is InChI=1S/C18H23N7O/c1-24-12-21-23-18(24)14-8-15(11-19-9-14)20-10-13-4-3-7-26-17(13)16-5-6-22-25(16)2/h5-6,8-9,11-13,17,20H,3-4,7,10H2,1-2H3/t13-,17+/m0/s1. The number of hydrogen-bond donors (Lipinski definition) is 1. The smallest absolute Gasteiger partial charge is 0.165 e. The van der Waals surface area contributed by atoms with Gasteiger partial charge in [-0.15, -0.1) is 10.2 Å². The largest absolute Gasteiger partial charge is 0.383 e. The van der Waals surface area contributed by atoms with E-state index in [0.29, 0.717) is 5.92 Å². The van der Waals surface area contributed by atoms with Crippen LogP contribution in [0.1, 0.15) is 24.6 Å². The first-order chi connectivity index (χ1) is 12.7. The predicted molar refractivity (Wildman–Crippen MR) is 97.3 cm³/mol. The van der Waals surface area contributed by atoms with Crippen molar-refractivity contribution in [3.63, 3.8) is 0 Å². The Kier molecular flexibility index (Phi) is 4.66. The molecule has 2 atom stereocenters. The van der Waals surface area contributed by atoms with Crippen LogP contribution in [0.4, 0.5) is 5.69 Å². The number of anilines is 1. The predicted octanol–water partition coefficient (Wildman–Crippen LogP) is 2.19. The van der Waals surface area contributed by atoms with Gasteiger partial charge in [-0.05, 0) is 25.0 Å². The minimum atomic E-state index is 0.0682. The molecule has 0 amide bonds. The van der Waals surface area contributed by atoms with Crippen LogP contribution in [-0.2, 0) is 18.8 Å². The Bertz CT molecular complexity index is 872. The molecule has 4 rings (SSSR count). The van der Waals surface area contributed by atoms with Gasteiger partial charge in [-0.2, -0.15) is 5.10 Å². The molecule has 1 saturated heterocycles. The first-order valence-electron chi connectivity index (χ1n) is 8.85. The summed E-state index contributed by atoms with van der Waals surface area (Å²) in [5, 5.41) is 15.9. The fourth-order valence-electron chi connectivity index (χ4n) is 3.49. The van der Waals surface area contributed by atoms with E-state index in [4.69, 9.17) is 4.74 Å². The van der Waals surface area contributed by atoms with Crippen LogP contribution < -0.4 is 5.32 Å². The van der Waals surface area contributed by atoms with Crippen molar-refractivity contribution in [1.82, 2.24) is 29.5 Å². The van der Waals surface area contributed by atoms with Crippen molar-refractivity contribution in [2.75, 3.05) is 18.5 Å². The van der Waals surface area contributed by atoms with Crippen molar-refractivity contribution >= 4 is 5.69 Å². The second-order valence-electron chi connectivity index (χ2n) is 6.68. The van der Waals surface area contributed by atoms with Crippen molar-refractivity contribution < 1.29 is 4.74 Å². The molecular weight excluding hydrogens is 330 g/mol. The molecule has 0 aromatic carbocycles. The summed E-state index contributed by atoms with van der Waals surface area (Å²) in [6, 6.07) is 4.10. The molecule has 0 aliphatic carbocycles. The highest BCUT2D eigenvalue weighted by Gasteiger charge is 2.29. The molecule has 4 heterocycles. The highest BCUT2D eigenvalue weighted by Crippen LogP contribution is 2.33. The second-order valence-corrected chi connectivity index (χ2v) is 6.68. The molecule has 0 unspecified atom stereocenters. The van der Waals surface area contributed by atoms with E-state index in [1.807, 2.05) is 41.8 Å². The summed E-state index contributed by atoms with van der Waals surface area (Å²) in [5.74, 6) is 1.19. The SMILES string of the molecule is Cn1cnnc1-c1cncc(NC[C@@H]2CCCO[C@H]2c2ccnn2C)c1. The Labute approximate surface area is 152 Å². The summed E-state index contributed by atoms with van der Waals surface area (Å²) in [4.78, 5) is 4.34. The molecule has 3 aromatic rings. The van der Waals surface area contributed by atoms with E-state index >= 15 is 0 Å². The van der Waals surface area contributed by atoms with Crippen LogP contribution >= 0.6 is 0 Å². The van der Waals surface area contributed by atoms with Crippen molar-refractivity contribution in [2.24, 2.45) is 20.0 Å². The lowest BCUT2D eigenvalue weighted by Gasteiger charge is -2.32. The normalized spacial score (nSPS) is 20.2. The number of rotatable bonds is 5. The highest BCUT2D eigenvalue weighted by molar-refractivity contribution is 5.60. The summed E-state index contributed by atoms with van der Waals surface area (Å²) >= 11 is 0. The number of aryl methyl sites for hydroxylation is 2. The van der Waals surface area contributed by atoms with Crippen molar-refractivity contribution in [3.05, 3.63) is 42.7 Å². The second kappa shape index (κ2) is 7.25. The van der Waals surface area contributed by atoms with E-state index < -0.39 is 0 Å². The average molecular weight is 353 g/mol. The minimum absolute atomic E-state index is 0.0682. The summed E-state index contributed by atoms with van der Waals surface area (Å²) in [6.07, 6.45) is 9.43. The molecule has 0 bridgehead atoms. The molecule has 8 heteroatoms. The first kappa shape index (κ1) is 16.7. The Morgan fingerprint density at radius 1 is 1.31 bits per heavy atom. The molecule has 136 valence electrons. The van der Waals surface area contributed by atoms with Crippen molar-refractivity contribution in [3.8, 4) is 11.4 Å². The molecule has 1 N–H and O–H groups in total. The number of aromatic nitrogens is 6. The Morgan fingerprint density at radius 3 is 3.00 bits per heavy atom. The molecule has 3 aromatic heterocycles. The monoisotopic (exact) mass is 353 g/mol. The van der Waals surface area contributed by atoms with Crippen molar-refractivity contribution in [1.29, 1.82) is 0 Å². The third-order valence-electron chi connectivity index (χ3n) is 4.87. The van der Waals surface area contributed by atoms with Gasteiger partial charge in [0.1, 0.15) is 12.4 Å². The molecule has 1 fully saturated rings. The number of pyridine rings is 1.